The van der Waals surface area contributed by atoms with E-state index in [0.29, 0.717) is 24.5 Å². The predicted octanol–water partition coefficient (Wildman–Crippen LogP) is 0.643. The Morgan fingerprint density at radius 1 is 1.72 bits per heavy atom. The summed E-state index contributed by atoms with van der Waals surface area (Å²) >= 11 is 0. The van der Waals surface area contributed by atoms with Gasteiger partial charge < -0.3 is 15.4 Å². The van der Waals surface area contributed by atoms with Crippen molar-refractivity contribution in [1.82, 2.24) is 14.7 Å². The number of amides is 1. The largest absolute Gasteiger partial charge is 0.383 e. The van der Waals surface area contributed by atoms with Gasteiger partial charge in [-0.3, -0.25) is 9.48 Å². The number of anilines is 1. The zero-order valence-electron chi connectivity index (χ0n) is 10.9. The number of nitrogens with zero attached hydrogens (tertiary/aromatic N) is 3. The summed E-state index contributed by atoms with van der Waals surface area (Å²) < 4.78 is 7.07. The maximum absolute atomic E-state index is 12.3. The van der Waals surface area contributed by atoms with Crippen molar-refractivity contribution in [2.75, 3.05) is 25.4 Å². The van der Waals surface area contributed by atoms with Crippen LogP contribution in [0.2, 0.25) is 0 Å². The number of carbonyl (C=O) groups excluding carboxylic acids is 1. The van der Waals surface area contributed by atoms with E-state index in [1.807, 2.05) is 6.92 Å². The number of ether oxygens (including phenoxy) is 1. The fourth-order valence-electron chi connectivity index (χ4n) is 2.17. The lowest BCUT2D eigenvalue weighted by molar-refractivity contribution is 0.0540. The van der Waals surface area contributed by atoms with Gasteiger partial charge in [-0.15, -0.1) is 0 Å². The molecule has 1 aromatic rings. The molecule has 2 rings (SSSR count). The molecule has 1 aliphatic heterocycles. The summed E-state index contributed by atoms with van der Waals surface area (Å²) in [5.41, 5.74) is 6.30. The number of nitrogen functional groups attached to an aromatic ring is 1. The molecule has 1 aromatic heterocycles. The predicted molar refractivity (Wildman–Crippen MR) is 68.2 cm³/mol. The lowest BCUT2D eigenvalue weighted by Crippen LogP contribution is -2.37. The third-order valence-corrected chi connectivity index (χ3v) is 3.33. The van der Waals surface area contributed by atoms with Crippen LogP contribution in [0.15, 0.2) is 6.20 Å². The van der Waals surface area contributed by atoms with Crippen molar-refractivity contribution in [2.45, 2.75) is 25.9 Å². The molecule has 0 spiro atoms. The number of aryl methyl sites for hydroxylation is 1. The van der Waals surface area contributed by atoms with Gasteiger partial charge in [0.15, 0.2) is 0 Å². The molecule has 0 radical (unpaired) electrons. The van der Waals surface area contributed by atoms with E-state index in [0.717, 1.165) is 19.4 Å². The number of nitrogens with two attached hydrogens (primary N) is 1. The van der Waals surface area contributed by atoms with Crippen LogP contribution in [0.5, 0.6) is 0 Å². The second-order valence-electron chi connectivity index (χ2n) is 4.55. The Labute approximate surface area is 107 Å². The Bertz CT molecular complexity index is 424. The topological polar surface area (TPSA) is 73.4 Å². The molecule has 0 saturated carbocycles. The second-order valence-corrected chi connectivity index (χ2v) is 4.55. The average molecular weight is 252 g/mol. The number of hydrogen-bond acceptors (Lipinski definition) is 4. The standard InChI is InChI=1S/C12H20N4O2/c1-3-16(8-9-5-4-6-18-9)12(17)10-7-14-15(2)11(10)13/h7,9H,3-6,8,13H2,1-2H3. The summed E-state index contributed by atoms with van der Waals surface area (Å²) in [6, 6.07) is 0. The molecule has 0 aliphatic carbocycles. The van der Waals surface area contributed by atoms with E-state index in [-0.39, 0.29) is 12.0 Å². The molecule has 6 heteroatoms. The SMILES string of the molecule is CCN(CC1CCCO1)C(=O)c1cnn(C)c1N. The van der Waals surface area contributed by atoms with E-state index in [2.05, 4.69) is 5.10 Å². The smallest absolute Gasteiger partial charge is 0.259 e. The normalized spacial score (nSPS) is 19.1. The highest BCUT2D eigenvalue weighted by Crippen LogP contribution is 2.17. The quantitative estimate of drug-likeness (QED) is 0.853. The molecular formula is C12H20N4O2. The Balaban J connectivity index is 2.07. The fraction of sp³-hybridized carbons (Fsp3) is 0.667. The third kappa shape index (κ3) is 2.48. The van der Waals surface area contributed by atoms with E-state index in [1.54, 1.807) is 11.9 Å². The summed E-state index contributed by atoms with van der Waals surface area (Å²) in [4.78, 5) is 14.1. The van der Waals surface area contributed by atoms with Gasteiger partial charge in [-0.05, 0) is 19.8 Å². The van der Waals surface area contributed by atoms with E-state index >= 15 is 0 Å². The minimum Gasteiger partial charge on any atom is -0.383 e. The molecule has 2 N–H and O–H groups in total. The molecule has 18 heavy (non-hydrogen) atoms. The minimum absolute atomic E-state index is 0.0707. The molecule has 2 heterocycles. The van der Waals surface area contributed by atoms with Crippen LogP contribution < -0.4 is 5.73 Å². The van der Waals surface area contributed by atoms with Crippen LogP contribution in [-0.2, 0) is 11.8 Å². The van der Waals surface area contributed by atoms with Crippen LogP contribution in [-0.4, -0.2) is 46.4 Å². The van der Waals surface area contributed by atoms with Gasteiger partial charge in [0.2, 0.25) is 0 Å². The molecule has 1 atom stereocenters. The van der Waals surface area contributed by atoms with E-state index in [4.69, 9.17) is 10.5 Å². The number of carbonyl (C=O) groups is 1. The molecule has 100 valence electrons. The van der Waals surface area contributed by atoms with Crippen LogP contribution in [0.25, 0.3) is 0 Å². The van der Waals surface area contributed by atoms with Gasteiger partial charge in [0.25, 0.3) is 5.91 Å². The van der Waals surface area contributed by atoms with Gasteiger partial charge in [-0.2, -0.15) is 5.10 Å². The van der Waals surface area contributed by atoms with Gasteiger partial charge in [-0.1, -0.05) is 0 Å². The Kier molecular flexibility index (Phi) is 3.86. The summed E-state index contributed by atoms with van der Waals surface area (Å²) in [5, 5.41) is 4.00. The van der Waals surface area contributed by atoms with Gasteiger partial charge in [0.05, 0.1) is 12.3 Å². The van der Waals surface area contributed by atoms with Crippen LogP contribution in [0.1, 0.15) is 30.1 Å². The third-order valence-electron chi connectivity index (χ3n) is 3.33. The van der Waals surface area contributed by atoms with E-state index in [1.165, 1.54) is 10.9 Å². The molecule has 0 bridgehead atoms. The van der Waals surface area contributed by atoms with Crippen molar-refractivity contribution in [3.63, 3.8) is 0 Å². The molecular weight excluding hydrogens is 232 g/mol. The van der Waals surface area contributed by atoms with Crippen LogP contribution >= 0.6 is 0 Å². The number of rotatable bonds is 4. The first-order chi connectivity index (χ1) is 8.63. The molecule has 1 aliphatic rings. The molecule has 1 saturated heterocycles. The summed E-state index contributed by atoms with van der Waals surface area (Å²) in [6.45, 7) is 4.03. The summed E-state index contributed by atoms with van der Waals surface area (Å²) in [5.74, 6) is 0.337. The Morgan fingerprint density at radius 2 is 2.50 bits per heavy atom. The van der Waals surface area contributed by atoms with E-state index < -0.39 is 0 Å². The first-order valence-corrected chi connectivity index (χ1v) is 6.31. The van der Waals surface area contributed by atoms with Crippen molar-refractivity contribution < 1.29 is 9.53 Å². The highest BCUT2D eigenvalue weighted by Gasteiger charge is 2.24. The average Bonchev–Trinajstić information content (AvgIpc) is 2.98. The van der Waals surface area contributed by atoms with Gasteiger partial charge >= 0.3 is 0 Å². The second kappa shape index (κ2) is 5.39. The lowest BCUT2D eigenvalue weighted by Gasteiger charge is -2.23. The summed E-state index contributed by atoms with van der Waals surface area (Å²) in [6.07, 6.45) is 3.78. The first kappa shape index (κ1) is 12.9. The Hall–Kier alpha value is -1.56. The highest BCUT2D eigenvalue weighted by molar-refractivity contribution is 5.98. The van der Waals surface area contributed by atoms with Crippen molar-refractivity contribution in [2.24, 2.45) is 7.05 Å². The number of likely N-dealkylation sites (N-methyl/N-ethyl adjacent to an activating group) is 1. The molecule has 1 fully saturated rings. The van der Waals surface area contributed by atoms with Gasteiger partial charge in [0, 0.05) is 26.7 Å². The Morgan fingerprint density at radius 3 is 3.00 bits per heavy atom. The maximum atomic E-state index is 12.3. The molecule has 1 amide bonds. The van der Waals surface area contributed by atoms with Crippen LogP contribution in [0.3, 0.4) is 0 Å². The highest BCUT2D eigenvalue weighted by atomic mass is 16.5. The molecule has 0 aromatic carbocycles. The molecule has 1 unspecified atom stereocenters. The maximum Gasteiger partial charge on any atom is 0.259 e. The van der Waals surface area contributed by atoms with Gasteiger partial charge in [0.1, 0.15) is 11.4 Å². The zero-order valence-corrected chi connectivity index (χ0v) is 10.9. The van der Waals surface area contributed by atoms with Crippen molar-refractivity contribution in [1.29, 1.82) is 0 Å². The minimum atomic E-state index is -0.0707. The van der Waals surface area contributed by atoms with E-state index in [9.17, 15) is 4.79 Å². The lowest BCUT2D eigenvalue weighted by atomic mass is 10.2. The zero-order chi connectivity index (χ0) is 13.1. The monoisotopic (exact) mass is 252 g/mol. The van der Waals surface area contributed by atoms with Crippen LogP contribution in [0.4, 0.5) is 5.82 Å². The van der Waals surface area contributed by atoms with Crippen LogP contribution in [0, 0.1) is 0 Å². The summed E-state index contributed by atoms with van der Waals surface area (Å²) in [7, 11) is 1.72. The fourth-order valence-corrected chi connectivity index (χ4v) is 2.17. The van der Waals surface area contributed by atoms with Crippen molar-refractivity contribution in [3.8, 4) is 0 Å². The number of hydrogen-bond donors (Lipinski definition) is 1. The van der Waals surface area contributed by atoms with Crippen molar-refractivity contribution >= 4 is 11.7 Å². The number of aromatic nitrogens is 2. The van der Waals surface area contributed by atoms with Crippen molar-refractivity contribution in [3.05, 3.63) is 11.8 Å². The first-order valence-electron chi connectivity index (χ1n) is 6.31. The molecule has 6 nitrogen and oxygen atoms in total. The van der Waals surface area contributed by atoms with Gasteiger partial charge in [-0.25, -0.2) is 0 Å².